The minimum Gasteiger partial charge on any atom is -0.462 e. The highest BCUT2D eigenvalue weighted by atomic mass is 16.7. The number of rotatable bonds is 24. The van der Waals surface area contributed by atoms with Crippen molar-refractivity contribution in [3.8, 4) is 0 Å². The van der Waals surface area contributed by atoms with E-state index in [1.54, 1.807) is 0 Å². The summed E-state index contributed by atoms with van der Waals surface area (Å²) in [4.78, 5) is 77.6. The molecule has 4 saturated heterocycles. The molecule has 520 valence electrons. The SMILES string of the molecule is CC1(C)CC(OC(=O)CCC(=O)OC2CC(C)(C)N(OC3CCCCC3)C(C)(C)C2)CC(C)(C)N1OC1CCCCC1.CC1(C)CC(OC(=O)CCCCCCCCC(=O)OC2CC(C)(C)N(OC3CCCCC3)C(C)(C)C2)CC(C)(C)N1OC1CCCCC1. The molecule has 0 unspecified atom stereocenters. The van der Waals surface area contributed by atoms with Crippen molar-refractivity contribution in [1.29, 1.82) is 0 Å². The number of hydrogen-bond donors (Lipinski definition) is 0. The van der Waals surface area contributed by atoms with E-state index in [2.05, 4.69) is 131 Å². The predicted molar refractivity (Wildman–Crippen MR) is 354 cm³/mol. The molecule has 0 bridgehead atoms. The van der Waals surface area contributed by atoms with Gasteiger partial charge in [-0.25, -0.2) is 0 Å². The van der Waals surface area contributed by atoms with Crippen LogP contribution in [0.3, 0.4) is 0 Å². The monoisotopic (exact) mass is 1270 g/mol. The molecule has 0 atom stereocenters. The molecule has 16 nitrogen and oxygen atoms in total. The molecule has 0 aromatic heterocycles. The Morgan fingerprint density at radius 1 is 0.244 bits per heavy atom. The van der Waals surface area contributed by atoms with E-state index in [1.807, 2.05) is 0 Å². The van der Waals surface area contributed by atoms with Crippen molar-refractivity contribution in [2.45, 2.75) is 448 Å². The number of carbonyl (C=O) groups excluding carboxylic acids is 4. The van der Waals surface area contributed by atoms with Crippen LogP contribution in [0.2, 0.25) is 0 Å². The first-order valence-electron chi connectivity index (χ1n) is 36.8. The van der Waals surface area contributed by atoms with Crippen LogP contribution in [0.1, 0.15) is 355 Å². The van der Waals surface area contributed by atoms with Crippen molar-refractivity contribution >= 4 is 23.9 Å². The third-order valence-electron chi connectivity index (χ3n) is 21.2. The van der Waals surface area contributed by atoms with Crippen LogP contribution in [0, 0.1) is 0 Å². The zero-order valence-corrected chi connectivity index (χ0v) is 60.2. The number of unbranched alkanes of at least 4 members (excludes halogenated alkanes) is 5. The summed E-state index contributed by atoms with van der Waals surface area (Å²) in [6.07, 6.45) is 37.6. The Balaban J connectivity index is 0.000000258. The zero-order valence-electron chi connectivity index (χ0n) is 60.2. The minimum absolute atomic E-state index is 0.0366. The second-order valence-corrected chi connectivity index (χ2v) is 34.3. The Morgan fingerprint density at radius 2 is 0.411 bits per heavy atom. The Labute approximate surface area is 547 Å². The van der Waals surface area contributed by atoms with Crippen LogP contribution in [0.4, 0.5) is 0 Å². The van der Waals surface area contributed by atoms with Crippen LogP contribution >= 0.6 is 0 Å². The Kier molecular flexibility index (Phi) is 27.1. The zero-order chi connectivity index (χ0) is 65.8. The molecule has 0 spiro atoms. The summed E-state index contributed by atoms with van der Waals surface area (Å²) in [6, 6.07) is 0. The number of nitrogens with zero attached hydrogens (tertiary/aromatic N) is 4. The molecule has 0 radical (unpaired) electrons. The third kappa shape index (κ3) is 22.3. The van der Waals surface area contributed by atoms with Crippen molar-refractivity contribution in [1.82, 2.24) is 20.3 Å². The van der Waals surface area contributed by atoms with Crippen LogP contribution in [-0.4, -0.2) is 137 Å². The number of piperidine rings is 4. The first kappa shape index (κ1) is 74.9. The molecule has 90 heavy (non-hydrogen) atoms. The molecular formula is C74H132N4O12. The molecular weight excluding hydrogens is 1140 g/mol. The summed E-state index contributed by atoms with van der Waals surface area (Å²) in [5.41, 5.74) is -1.82. The molecule has 16 heteroatoms. The fourth-order valence-corrected chi connectivity index (χ4v) is 17.9. The standard InChI is InChI=1S/C40H72N2O6.C34H60N2O6/c1-37(2)27-33(28-38(3,4)41(37)47-31-21-15-13-16-22-31)45-35(43)25-19-11-9-10-12-20-26-36(44)46-34-29-39(5,6)42(40(7,8)30-34)48-32-23-17-14-18-24-32;1-31(2)21-27(22-32(3,4)35(31)41-25-15-11-9-12-16-25)39-29(37)19-20-30(38)40-28-23-33(5,6)36(34(7,8)24-28)42-26-17-13-10-14-18-26/h31-34H,9-30H2,1-8H3;25-28H,9-24H2,1-8H3. The van der Waals surface area contributed by atoms with Crippen LogP contribution < -0.4 is 0 Å². The Morgan fingerprint density at radius 3 is 0.600 bits per heavy atom. The largest absolute Gasteiger partial charge is 0.462 e. The van der Waals surface area contributed by atoms with Gasteiger partial charge in [0.25, 0.3) is 0 Å². The van der Waals surface area contributed by atoms with Gasteiger partial charge in [0, 0.05) is 109 Å². The van der Waals surface area contributed by atoms with E-state index in [0.29, 0.717) is 50.7 Å². The average molecular weight is 1270 g/mol. The van der Waals surface area contributed by atoms with Crippen LogP contribution in [0.25, 0.3) is 0 Å². The van der Waals surface area contributed by atoms with Crippen molar-refractivity contribution in [2.24, 2.45) is 0 Å². The lowest BCUT2D eigenvalue weighted by molar-refractivity contribution is -0.318. The lowest BCUT2D eigenvalue weighted by Crippen LogP contribution is -2.63. The molecule has 4 heterocycles. The van der Waals surface area contributed by atoms with E-state index in [1.165, 1.54) is 77.0 Å². The number of hydroxylamine groups is 8. The van der Waals surface area contributed by atoms with E-state index >= 15 is 0 Å². The maximum atomic E-state index is 12.9. The summed E-state index contributed by atoms with van der Waals surface area (Å²) < 4.78 is 23.9. The minimum atomic E-state index is -0.332. The maximum Gasteiger partial charge on any atom is 0.306 e. The Hall–Kier alpha value is -2.44. The van der Waals surface area contributed by atoms with Gasteiger partial charge in [-0.3, -0.25) is 38.5 Å². The van der Waals surface area contributed by atoms with Gasteiger partial charge in [-0.2, -0.15) is 20.3 Å². The highest BCUT2D eigenvalue weighted by molar-refractivity contribution is 5.78. The second-order valence-electron chi connectivity index (χ2n) is 34.3. The number of esters is 4. The molecule has 0 amide bonds. The van der Waals surface area contributed by atoms with Gasteiger partial charge in [-0.15, -0.1) is 0 Å². The lowest BCUT2D eigenvalue weighted by atomic mass is 9.80. The molecule has 8 fully saturated rings. The van der Waals surface area contributed by atoms with E-state index in [9.17, 15) is 19.2 Å². The van der Waals surface area contributed by atoms with E-state index in [0.717, 1.165) is 116 Å². The summed E-state index contributed by atoms with van der Waals surface area (Å²) >= 11 is 0. The molecule has 4 saturated carbocycles. The van der Waals surface area contributed by atoms with Gasteiger partial charge in [0.2, 0.25) is 0 Å². The van der Waals surface area contributed by atoms with Crippen LogP contribution in [0.5, 0.6) is 0 Å². The normalized spacial score (nSPS) is 26.8. The van der Waals surface area contributed by atoms with Gasteiger partial charge in [0.15, 0.2) is 0 Å². The predicted octanol–water partition coefficient (Wildman–Crippen LogP) is 17.2. The maximum absolute atomic E-state index is 12.9. The van der Waals surface area contributed by atoms with Crippen LogP contribution in [0.15, 0.2) is 0 Å². The first-order valence-corrected chi connectivity index (χ1v) is 36.8. The molecule has 0 aromatic carbocycles. The van der Waals surface area contributed by atoms with Gasteiger partial charge < -0.3 is 18.9 Å². The molecule has 0 N–H and O–H groups in total. The molecule has 4 aliphatic carbocycles. The highest BCUT2D eigenvalue weighted by Crippen LogP contribution is 2.46. The van der Waals surface area contributed by atoms with Crippen molar-refractivity contribution < 1.29 is 57.5 Å². The Bertz CT molecular complexity index is 2010. The van der Waals surface area contributed by atoms with Crippen molar-refractivity contribution in [3.05, 3.63) is 0 Å². The highest BCUT2D eigenvalue weighted by Gasteiger charge is 2.53. The van der Waals surface area contributed by atoms with Gasteiger partial charge in [0.05, 0.1) is 37.3 Å². The number of hydrogen-bond acceptors (Lipinski definition) is 16. The molecule has 8 rings (SSSR count). The fourth-order valence-electron chi connectivity index (χ4n) is 17.9. The van der Waals surface area contributed by atoms with Crippen LogP contribution in [-0.2, 0) is 57.5 Å². The van der Waals surface area contributed by atoms with Gasteiger partial charge in [-0.1, -0.05) is 103 Å². The van der Waals surface area contributed by atoms with Crippen molar-refractivity contribution in [2.75, 3.05) is 0 Å². The van der Waals surface area contributed by atoms with E-state index < -0.39 is 0 Å². The summed E-state index contributed by atoms with van der Waals surface area (Å²) in [5.74, 6) is -0.814. The average Bonchev–Trinajstić information content (AvgIpc) is 0.811. The third-order valence-corrected chi connectivity index (χ3v) is 21.2. The smallest absolute Gasteiger partial charge is 0.306 e. The molecule has 0 aromatic rings. The lowest BCUT2D eigenvalue weighted by Gasteiger charge is -2.54. The van der Waals surface area contributed by atoms with Gasteiger partial charge in [0.1, 0.15) is 24.4 Å². The summed E-state index contributed by atoms with van der Waals surface area (Å²) in [7, 11) is 0. The number of carbonyl (C=O) groups is 4. The summed E-state index contributed by atoms with van der Waals surface area (Å²) in [5, 5.41) is 8.79. The van der Waals surface area contributed by atoms with Gasteiger partial charge >= 0.3 is 23.9 Å². The van der Waals surface area contributed by atoms with Gasteiger partial charge in [-0.05, 0) is 175 Å². The van der Waals surface area contributed by atoms with Crippen molar-refractivity contribution in [3.63, 3.8) is 0 Å². The first-order chi connectivity index (χ1) is 42.1. The summed E-state index contributed by atoms with van der Waals surface area (Å²) in [6.45, 7) is 35.1. The second kappa shape index (κ2) is 32.5. The quantitative estimate of drug-likeness (QED) is 0.0511. The fraction of sp³-hybridized carbons (Fsp3) is 0.946. The van der Waals surface area contributed by atoms with E-state index in [-0.39, 0.29) is 118 Å². The molecule has 4 aliphatic heterocycles. The topological polar surface area (TPSA) is 155 Å². The number of ether oxygens (including phenoxy) is 4. The molecule has 8 aliphatic rings. The van der Waals surface area contributed by atoms with E-state index in [4.69, 9.17) is 38.3 Å².